The molecule has 2 aliphatic rings. The van der Waals surface area contributed by atoms with Gasteiger partial charge in [-0.25, -0.2) is 13.6 Å². The van der Waals surface area contributed by atoms with Gasteiger partial charge in [-0.05, 0) is 42.6 Å². The number of hydrogen-bond donors (Lipinski definition) is 1. The zero-order valence-electron chi connectivity index (χ0n) is 13.3. The summed E-state index contributed by atoms with van der Waals surface area (Å²) >= 11 is 3.39. The van der Waals surface area contributed by atoms with Crippen molar-refractivity contribution in [2.24, 2.45) is 5.41 Å². The van der Waals surface area contributed by atoms with Gasteiger partial charge in [0.05, 0.1) is 27.1 Å². The first-order valence-corrected chi connectivity index (χ1v) is 8.46. The SMILES string of the molecule is Cc1nc(C)c(C(=O)C(=O)O)c(N2CCC3(CC2)CC3(F)F)c1Br. The Kier molecular flexibility index (Phi) is 3.94. The summed E-state index contributed by atoms with van der Waals surface area (Å²) in [5, 5.41) is 9.09. The number of hydrogen-bond acceptors (Lipinski definition) is 4. The Morgan fingerprint density at radius 1 is 1.21 bits per heavy atom. The average Bonchev–Trinajstić information content (AvgIpc) is 3.03. The highest BCUT2D eigenvalue weighted by molar-refractivity contribution is 9.10. The molecule has 1 N–H and O–H groups in total. The molecule has 2 fully saturated rings. The minimum Gasteiger partial charge on any atom is -0.475 e. The predicted octanol–water partition coefficient (Wildman–Crippen LogP) is 3.35. The highest BCUT2D eigenvalue weighted by Crippen LogP contribution is 2.66. The Labute approximate surface area is 146 Å². The Hall–Kier alpha value is -1.57. The van der Waals surface area contributed by atoms with Crippen LogP contribution in [0.1, 0.15) is 41.0 Å². The molecule has 0 unspecified atom stereocenters. The summed E-state index contributed by atoms with van der Waals surface area (Å²) in [5.74, 6) is -5.19. The third kappa shape index (κ3) is 2.51. The van der Waals surface area contributed by atoms with Crippen LogP contribution >= 0.6 is 15.9 Å². The molecule has 8 heteroatoms. The molecule has 2 heterocycles. The number of aliphatic carboxylic acids is 1. The fourth-order valence-corrected chi connectivity index (χ4v) is 4.10. The van der Waals surface area contributed by atoms with Gasteiger partial charge in [-0.1, -0.05) is 0 Å². The van der Waals surface area contributed by atoms with Gasteiger partial charge in [0.1, 0.15) is 0 Å². The summed E-state index contributed by atoms with van der Waals surface area (Å²) in [4.78, 5) is 29.3. The number of halogens is 3. The summed E-state index contributed by atoms with van der Waals surface area (Å²) in [6, 6.07) is 0. The van der Waals surface area contributed by atoms with Crippen LogP contribution in [0.5, 0.6) is 0 Å². The van der Waals surface area contributed by atoms with Crippen LogP contribution in [0.15, 0.2) is 4.47 Å². The van der Waals surface area contributed by atoms with Gasteiger partial charge in [0.2, 0.25) is 0 Å². The molecule has 0 aromatic carbocycles. The normalized spacial score (nSPS) is 21.0. The molecule has 1 saturated heterocycles. The van der Waals surface area contributed by atoms with E-state index in [-0.39, 0.29) is 12.0 Å². The number of carboxylic acids is 1. The van der Waals surface area contributed by atoms with E-state index < -0.39 is 23.1 Å². The van der Waals surface area contributed by atoms with Gasteiger partial charge in [-0.15, -0.1) is 0 Å². The van der Waals surface area contributed by atoms with Crippen LogP contribution < -0.4 is 4.90 Å². The van der Waals surface area contributed by atoms with E-state index in [0.717, 1.165) is 0 Å². The topological polar surface area (TPSA) is 70.5 Å². The average molecular weight is 403 g/mol. The predicted molar refractivity (Wildman–Crippen MR) is 86.8 cm³/mol. The number of Topliss-reactive ketones (excluding diaryl/α,β-unsaturated/α-hetero) is 1. The number of ketones is 1. The maximum atomic E-state index is 13.6. The summed E-state index contributed by atoms with van der Waals surface area (Å²) < 4.78 is 27.6. The van der Waals surface area contributed by atoms with Crippen molar-refractivity contribution in [3.05, 3.63) is 21.4 Å². The molecule has 1 aromatic heterocycles. The number of aromatic nitrogens is 1. The highest BCUT2D eigenvalue weighted by Gasteiger charge is 2.70. The van der Waals surface area contributed by atoms with E-state index in [9.17, 15) is 18.4 Å². The molecule has 1 aliphatic heterocycles. The molecule has 1 aliphatic carbocycles. The van der Waals surface area contributed by atoms with Crippen molar-refractivity contribution in [3.8, 4) is 0 Å². The molecule has 130 valence electrons. The number of carbonyl (C=O) groups is 2. The third-order valence-electron chi connectivity index (χ3n) is 5.13. The van der Waals surface area contributed by atoms with Gasteiger partial charge >= 0.3 is 5.97 Å². The number of piperidine rings is 1. The van der Waals surface area contributed by atoms with Crippen molar-refractivity contribution >= 4 is 33.4 Å². The van der Waals surface area contributed by atoms with E-state index in [1.807, 2.05) is 4.90 Å². The summed E-state index contributed by atoms with van der Waals surface area (Å²) in [6.45, 7) is 4.05. The van der Waals surface area contributed by atoms with Gasteiger partial charge in [0.15, 0.2) is 0 Å². The molecule has 3 rings (SSSR count). The van der Waals surface area contributed by atoms with Crippen molar-refractivity contribution in [2.45, 2.75) is 39.0 Å². The van der Waals surface area contributed by atoms with Gasteiger partial charge in [-0.3, -0.25) is 9.78 Å². The largest absolute Gasteiger partial charge is 0.475 e. The fourth-order valence-electron chi connectivity index (χ4n) is 3.57. The van der Waals surface area contributed by atoms with Crippen molar-refractivity contribution in [1.82, 2.24) is 4.98 Å². The van der Waals surface area contributed by atoms with Crippen molar-refractivity contribution in [1.29, 1.82) is 0 Å². The zero-order valence-corrected chi connectivity index (χ0v) is 14.9. The number of aryl methyl sites for hydroxylation is 2. The van der Waals surface area contributed by atoms with Crippen LogP contribution in [0.25, 0.3) is 0 Å². The van der Waals surface area contributed by atoms with Crippen molar-refractivity contribution in [2.75, 3.05) is 18.0 Å². The Balaban J connectivity index is 1.99. The van der Waals surface area contributed by atoms with Crippen LogP contribution in [-0.2, 0) is 4.79 Å². The quantitative estimate of drug-likeness (QED) is 0.619. The first-order chi connectivity index (χ1) is 11.1. The molecule has 1 aromatic rings. The standard InChI is InChI=1S/C16H17BrF2N2O3/c1-8-10(13(22)14(23)24)12(11(17)9(2)20-8)21-5-3-15(4-6-21)7-16(15,18)19/h3-7H2,1-2H3,(H,23,24). The summed E-state index contributed by atoms with van der Waals surface area (Å²) in [7, 11) is 0. The molecule has 5 nitrogen and oxygen atoms in total. The van der Waals surface area contributed by atoms with Gasteiger partial charge in [0.25, 0.3) is 11.7 Å². The van der Waals surface area contributed by atoms with Gasteiger partial charge in [-0.2, -0.15) is 0 Å². The van der Waals surface area contributed by atoms with E-state index >= 15 is 0 Å². The molecule has 1 spiro atoms. The molecular weight excluding hydrogens is 386 g/mol. The smallest absolute Gasteiger partial charge is 0.377 e. The maximum absolute atomic E-state index is 13.6. The Morgan fingerprint density at radius 3 is 2.21 bits per heavy atom. The summed E-state index contributed by atoms with van der Waals surface area (Å²) in [6.07, 6.45) is 0.575. The highest BCUT2D eigenvalue weighted by atomic mass is 79.9. The molecule has 0 atom stereocenters. The first kappa shape index (κ1) is 17.3. The second kappa shape index (κ2) is 5.47. The van der Waals surface area contributed by atoms with E-state index in [2.05, 4.69) is 20.9 Å². The minimum atomic E-state index is -2.60. The Bertz CT molecular complexity index is 743. The van der Waals surface area contributed by atoms with Crippen LogP contribution in [0.3, 0.4) is 0 Å². The van der Waals surface area contributed by atoms with Crippen molar-refractivity contribution < 1.29 is 23.5 Å². The van der Waals surface area contributed by atoms with E-state index in [4.69, 9.17) is 5.11 Å². The lowest BCUT2D eigenvalue weighted by molar-refractivity contribution is -0.131. The lowest BCUT2D eigenvalue weighted by Crippen LogP contribution is -2.38. The molecule has 0 amide bonds. The molecule has 1 saturated carbocycles. The van der Waals surface area contributed by atoms with E-state index in [1.54, 1.807) is 13.8 Å². The number of nitrogens with zero attached hydrogens (tertiary/aromatic N) is 2. The van der Waals surface area contributed by atoms with Crippen molar-refractivity contribution in [3.63, 3.8) is 0 Å². The van der Waals surface area contributed by atoms with Crippen LogP contribution in [0.2, 0.25) is 0 Å². The fraction of sp³-hybridized carbons (Fsp3) is 0.562. The monoisotopic (exact) mass is 402 g/mol. The molecule has 0 radical (unpaired) electrons. The molecule has 0 bridgehead atoms. The first-order valence-electron chi connectivity index (χ1n) is 7.67. The van der Waals surface area contributed by atoms with Crippen LogP contribution in [-0.4, -0.2) is 40.9 Å². The molecular formula is C16H17BrF2N2O3. The lowest BCUT2D eigenvalue weighted by Gasteiger charge is -2.35. The second-order valence-electron chi connectivity index (χ2n) is 6.60. The number of rotatable bonds is 3. The van der Waals surface area contributed by atoms with Gasteiger partial charge in [0, 0.05) is 24.9 Å². The summed E-state index contributed by atoms with van der Waals surface area (Å²) in [5.41, 5.74) is 0.519. The number of anilines is 1. The zero-order chi connectivity index (χ0) is 17.9. The number of alkyl halides is 2. The lowest BCUT2D eigenvalue weighted by atomic mass is 9.91. The van der Waals surface area contributed by atoms with E-state index in [1.165, 1.54) is 0 Å². The molecule has 24 heavy (non-hydrogen) atoms. The van der Waals surface area contributed by atoms with Crippen LogP contribution in [0.4, 0.5) is 14.5 Å². The maximum Gasteiger partial charge on any atom is 0.377 e. The minimum absolute atomic E-state index is 0.0264. The van der Waals surface area contributed by atoms with Crippen LogP contribution in [0, 0.1) is 19.3 Å². The number of carbonyl (C=O) groups excluding carboxylic acids is 1. The third-order valence-corrected chi connectivity index (χ3v) is 6.08. The second-order valence-corrected chi connectivity index (χ2v) is 7.40. The van der Waals surface area contributed by atoms with E-state index in [0.29, 0.717) is 47.5 Å². The number of carboxylic acid groups (broad SMARTS) is 1. The Morgan fingerprint density at radius 2 is 1.75 bits per heavy atom. The number of pyridine rings is 1. The van der Waals surface area contributed by atoms with Gasteiger partial charge < -0.3 is 10.0 Å².